The lowest BCUT2D eigenvalue weighted by Crippen LogP contribution is -2.28. The molecule has 27 heavy (non-hydrogen) atoms. The van der Waals surface area contributed by atoms with Crippen LogP contribution in [0.4, 0.5) is 10.7 Å². The van der Waals surface area contributed by atoms with Crippen LogP contribution < -0.4 is 10.2 Å². The van der Waals surface area contributed by atoms with Gasteiger partial charge in [-0.1, -0.05) is 23.7 Å². The Kier molecular flexibility index (Phi) is 5.53. The first-order valence-corrected chi connectivity index (χ1v) is 9.57. The molecule has 0 aliphatic carbocycles. The number of carbonyl (C=O) groups excluding carboxylic acids is 3. The SMILES string of the molecule is COC(=O)c1c(NC(=O)C2CC(=O)N(c3ccccc3Cl)C2)sc(C)c1C. The number of hydrogen-bond donors (Lipinski definition) is 1. The van der Waals surface area contributed by atoms with Crippen LogP contribution in [-0.4, -0.2) is 31.4 Å². The molecule has 1 aliphatic heterocycles. The summed E-state index contributed by atoms with van der Waals surface area (Å²) >= 11 is 7.49. The topological polar surface area (TPSA) is 75.7 Å². The van der Waals surface area contributed by atoms with Crippen LogP contribution in [0.5, 0.6) is 0 Å². The van der Waals surface area contributed by atoms with E-state index in [4.69, 9.17) is 16.3 Å². The normalized spacial score (nSPS) is 16.5. The van der Waals surface area contributed by atoms with Crippen molar-refractivity contribution in [2.45, 2.75) is 20.3 Å². The number of amides is 2. The minimum atomic E-state index is -0.526. The Hall–Kier alpha value is -2.38. The zero-order valence-electron chi connectivity index (χ0n) is 15.2. The Morgan fingerprint density at radius 3 is 2.67 bits per heavy atom. The third kappa shape index (κ3) is 3.70. The second-order valence-corrected chi connectivity index (χ2v) is 7.96. The lowest BCUT2D eigenvalue weighted by molar-refractivity contribution is -0.122. The maximum Gasteiger partial charge on any atom is 0.341 e. The van der Waals surface area contributed by atoms with Gasteiger partial charge in [-0.15, -0.1) is 11.3 Å². The third-order valence-corrected chi connectivity index (χ3v) is 6.09. The van der Waals surface area contributed by atoms with Gasteiger partial charge in [-0.3, -0.25) is 9.59 Å². The monoisotopic (exact) mass is 406 g/mol. The van der Waals surface area contributed by atoms with Crippen molar-refractivity contribution in [1.82, 2.24) is 0 Å². The average molecular weight is 407 g/mol. The summed E-state index contributed by atoms with van der Waals surface area (Å²) in [6.45, 7) is 3.93. The molecule has 142 valence electrons. The zero-order valence-corrected chi connectivity index (χ0v) is 16.7. The number of rotatable bonds is 4. The number of methoxy groups -OCH3 is 1. The number of esters is 1. The van der Waals surface area contributed by atoms with Crippen LogP contribution in [0.15, 0.2) is 24.3 Å². The van der Waals surface area contributed by atoms with Gasteiger partial charge in [0.2, 0.25) is 11.8 Å². The molecule has 0 radical (unpaired) electrons. The van der Waals surface area contributed by atoms with Gasteiger partial charge >= 0.3 is 5.97 Å². The number of thiophene rings is 1. The molecule has 1 aromatic carbocycles. The molecule has 1 N–H and O–H groups in total. The Bertz CT molecular complexity index is 924. The summed E-state index contributed by atoms with van der Waals surface area (Å²) in [6, 6.07) is 7.04. The molecular weight excluding hydrogens is 388 g/mol. The van der Waals surface area contributed by atoms with Gasteiger partial charge in [-0.2, -0.15) is 0 Å². The van der Waals surface area contributed by atoms with Crippen LogP contribution in [0.2, 0.25) is 5.02 Å². The van der Waals surface area contributed by atoms with Gasteiger partial charge in [0.25, 0.3) is 0 Å². The molecule has 0 saturated carbocycles. The third-order valence-electron chi connectivity index (χ3n) is 4.65. The van der Waals surface area contributed by atoms with E-state index < -0.39 is 11.9 Å². The molecule has 1 saturated heterocycles. The maximum absolute atomic E-state index is 12.7. The highest BCUT2D eigenvalue weighted by Gasteiger charge is 2.36. The molecule has 1 aliphatic rings. The fraction of sp³-hybridized carbons (Fsp3) is 0.316. The van der Waals surface area contributed by atoms with Crippen molar-refractivity contribution in [3.05, 3.63) is 45.3 Å². The van der Waals surface area contributed by atoms with Crippen molar-refractivity contribution in [3.63, 3.8) is 0 Å². The minimum absolute atomic E-state index is 0.0912. The maximum atomic E-state index is 12.7. The summed E-state index contributed by atoms with van der Waals surface area (Å²) in [5.41, 5.74) is 1.74. The van der Waals surface area contributed by atoms with Crippen molar-refractivity contribution < 1.29 is 19.1 Å². The number of para-hydroxylation sites is 1. The highest BCUT2D eigenvalue weighted by atomic mass is 35.5. The van der Waals surface area contributed by atoms with E-state index in [2.05, 4.69) is 5.32 Å². The molecule has 1 fully saturated rings. The molecule has 1 aromatic heterocycles. The zero-order chi connectivity index (χ0) is 19.7. The Morgan fingerprint density at radius 2 is 2.00 bits per heavy atom. The number of nitrogens with zero attached hydrogens (tertiary/aromatic N) is 1. The average Bonchev–Trinajstić information content (AvgIpc) is 3.15. The Balaban J connectivity index is 1.79. The number of halogens is 1. The summed E-state index contributed by atoms with van der Waals surface area (Å²) in [4.78, 5) is 39.6. The van der Waals surface area contributed by atoms with Crippen LogP contribution in [0.25, 0.3) is 0 Å². The number of hydrogen-bond acceptors (Lipinski definition) is 5. The van der Waals surface area contributed by atoms with E-state index in [-0.39, 0.29) is 24.8 Å². The lowest BCUT2D eigenvalue weighted by Gasteiger charge is -2.18. The summed E-state index contributed by atoms with van der Waals surface area (Å²) in [5, 5.41) is 3.72. The van der Waals surface area contributed by atoms with Crippen molar-refractivity contribution in [1.29, 1.82) is 0 Å². The van der Waals surface area contributed by atoms with E-state index in [1.807, 2.05) is 13.8 Å². The van der Waals surface area contributed by atoms with Gasteiger partial charge in [0, 0.05) is 17.8 Å². The largest absolute Gasteiger partial charge is 0.465 e. The predicted molar refractivity (Wildman–Crippen MR) is 106 cm³/mol. The molecule has 1 atom stereocenters. The van der Waals surface area contributed by atoms with Crippen LogP contribution >= 0.6 is 22.9 Å². The van der Waals surface area contributed by atoms with Crippen LogP contribution in [0.1, 0.15) is 27.2 Å². The van der Waals surface area contributed by atoms with Crippen molar-refractivity contribution in [2.24, 2.45) is 5.92 Å². The molecule has 2 amide bonds. The smallest absolute Gasteiger partial charge is 0.341 e. The van der Waals surface area contributed by atoms with Gasteiger partial charge in [0.05, 0.1) is 29.3 Å². The van der Waals surface area contributed by atoms with Crippen molar-refractivity contribution >= 4 is 51.4 Å². The highest BCUT2D eigenvalue weighted by molar-refractivity contribution is 7.16. The van der Waals surface area contributed by atoms with E-state index in [0.29, 0.717) is 21.3 Å². The number of ether oxygens (including phenoxy) is 1. The van der Waals surface area contributed by atoms with Crippen LogP contribution in [0, 0.1) is 19.8 Å². The minimum Gasteiger partial charge on any atom is -0.465 e. The number of nitrogens with one attached hydrogen (secondary N) is 1. The molecule has 2 aromatic rings. The predicted octanol–water partition coefficient (Wildman–Crippen LogP) is 3.80. The van der Waals surface area contributed by atoms with E-state index in [1.165, 1.54) is 23.3 Å². The number of anilines is 2. The van der Waals surface area contributed by atoms with E-state index in [1.54, 1.807) is 24.3 Å². The standard InChI is InChI=1S/C19H19ClN2O4S/c1-10-11(2)27-18(16(10)19(25)26-3)21-17(24)12-8-15(23)22(9-12)14-7-5-4-6-13(14)20/h4-7,12H,8-9H2,1-3H3,(H,21,24). The Morgan fingerprint density at radius 1 is 1.30 bits per heavy atom. The van der Waals surface area contributed by atoms with Crippen LogP contribution in [0.3, 0.4) is 0 Å². The molecule has 0 spiro atoms. The first-order chi connectivity index (χ1) is 12.8. The summed E-state index contributed by atoms with van der Waals surface area (Å²) in [6.07, 6.45) is 0.0912. The molecule has 1 unspecified atom stereocenters. The lowest BCUT2D eigenvalue weighted by atomic mass is 10.1. The number of benzene rings is 1. The van der Waals surface area contributed by atoms with Gasteiger partial charge in [-0.05, 0) is 31.5 Å². The summed E-state index contributed by atoms with van der Waals surface area (Å²) in [7, 11) is 1.30. The fourth-order valence-electron chi connectivity index (χ4n) is 3.06. The first kappa shape index (κ1) is 19.4. The molecule has 0 bridgehead atoms. The molecular formula is C19H19ClN2O4S. The van der Waals surface area contributed by atoms with Gasteiger partial charge in [0.1, 0.15) is 5.00 Å². The van der Waals surface area contributed by atoms with Crippen LogP contribution in [-0.2, 0) is 14.3 Å². The summed E-state index contributed by atoms with van der Waals surface area (Å²) in [5.74, 6) is -1.48. The van der Waals surface area contributed by atoms with E-state index in [0.717, 1.165) is 10.4 Å². The van der Waals surface area contributed by atoms with Crippen molar-refractivity contribution in [3.8, 4) is 0 Å². The number of carbonyl (C=O) groups is 3. The second-order valence-electron chi connectivity index (χ2n) is 6.33. The quantitative estimate of drug-likeness (QED) is 0.783. The Labute approximate surface area is 166 Å². The second kappa shape index (κ2) is 7.70. The van der Waals surface area contributed by atoms with Crippen molar-refractivity contribution in [2.75, 3.05) is 23.9 Å². The summed E-state index contributed by atoms with van der Waals surface area (Å²) < 4.78 is 4.82. The molecule has 8 heteroatoms. The van der Waals surface area contributed by atoms with E-state index in [9.17, 15) is 14.4 Å². The highest BCUT2D eigenvalue weighted by Crippen LogP contribution is 2.35. The van der Waals surface area contributed by atoms with E-state index >= 15 is 0 Å². The number of aryl methyl sites for hydroxylation is 1. The molecule has 2 heterocycles. The fourth-order valence-corrected chi connectivity index (χ4v) is 4.35. The molecule has 3 rings (SSSR count). The van der Waals surface area contributed by atoms with Gasteiger partial charge in [-0.25, -0.2) is 4.79 Å². The van der Waals surface area contributed by atoms with Gasteiger partial charge < -0.3 is 15.0 Å². The van der Waals surface area contributed by atoms with Gasteiger partial charge in [0.15, 0.2) is 0 Å². The first-order valence-electron chi connectivity index (χ1n) is 8.37. The molecule has 6 nitrogen and oxygen atoms in total.